The van der Waals surface area contributed by atoms with Crippen molar-refractivity contribution in [1.29, 1.82) is 0 Å². The fraction of sp³-hybridized carbons (Fsp3) is 0.273. The summed E-state index contributed by atoms with van der Waals surface area (Å²) in [6.07, 6.45) is -0.132. The van der Waals surface area contributed by atoms with E-state index in [1.165, 1.54) is 0 Å². The average Bonchev–Trinajstić information content (AvgIpc) is 3.09. The molecule has 0 bridgehead atoms. The number of carbonyl (C=O) groups excluding carboxylic acids is 3. The Morgan fingerprint density at radius 1 is 1.03 bits per heavy atom. The van der Waals surface area contributed by atoms with E-state index in [0.717, 1.165) is 5.56 Å². The van der Waals surface area contributed by atoms with Crippen molar-refractivity contribution in [3.8, 4) is 0 Å². The molecule has 1 N–H and O–H groups in total. The molecule has 0 fully saturated rings. The van der Waals surface area contributed by atoms with Crippen LogP contribution in [0.3, 0.4) is 0 Å². The number of benzene rings is 2. The van der Waals surface area contributed by atoms with Crippen molar-refractivity contribution in [1.82, 2.24) is 10.5 Å². The van der Waals surface area contributed by atoms with Crippen LogP contribution in [0, 0.1) is 0 Å². The molecule has 7 nitrogen and oxygen atoms in total. The number of nitrogens with one attached hydrogen (secondary N) is 1. The Labute approximate surface area is 168 Å². The van der Waals surface area contributed by atoms with Crippen LogP contribution in [-0.4, -0.2) is 29.5 Å². The van der Waals surface area contributed by atoms with Gasteiger partial charge in [-0.15, -0.1) is 0 Å². The quantitative estimate of drug-likeness (QED) is 0.668. The van der Waals surface area contributed by atoms with Gasteiger partial charge in [0.1, 0.15) is 5.69 Å². The molecule has 3 rings (SSSR count). The Morgan fingerprint density at radius 3 is 2.41 bits per heavy atom. The Balaban J connectivity index is 1.50. The minimum atomic E-state index is -0.701. The van der Waals surface area contributed by atoms with Gasteiger partial charge < -0.3 is 9.26 Å². The second-order valence-corrected chi connectivity index (χ2v) is 7.67. The topological polar surface area (TPSA) is 98.5 Å². The molecule has 0 unspecified atom stereocenters. The molecule has 0 aliphatic carbocycles. The first-order chi connectivity index (χ1) is 13.7. The Bertz CT molecular complexity index is 1040. The van der Waals surface area contributed by atoms with Gasteiger partial charge in [-0.1, -0.05) is 50.2 Å². The average molecular weight is 394 g/mol. The summed E-state index contributed by atoms with van der Waals surface area (Å²) >= 11 is 0. The Morgan fingerprint density at radius 2 is 1.72 bits per heavy atom. The number of rotatable bonds is 5. The number of hydrogen-bond donors (Lipinski definition) is 1. The summed E-state index contributed by atoms with van der Waals surface area (Å²) in [6.45, 7) is 5.66. The number of carbonyl (C=O) groups is 3. The Kier molecular flexibility index (Phi) is 5.77. The van der Waals surface area contributed by atoms with Crippen LogP contribution in [0.5, 0.6) is 0 Å². The third-order valence-electron chi connectivity index (χ3n) is 4.39. The standard InChI is InChI=1S/C22H22N2O5/c1-22(2,3)15-10-8-14(9-11-15)21(27)23-19(25)13-28-20(26)12-17-16-6-4-5-7-18(16)29-24-17/h4-11H,12-13H2,1-3H3,(H,23,25,27). The number of nitrogens with zero attached hydrogens (tertiary/aromatic N) is 1. The van der Waals surface area contributed by atoms with Crippen molar-refractivity contribution in [2.24, 2.45) is 0 Å². The van der Waals surface area contributed by atoms with Crippen LogP contribution in [0.15, 0.2) is 53.1 Å². The number of imide groups is 1. The lowest BCUT2D eigenvalue weighted by Gasteiger charge is -2.18. The molecular weight excluding hydrogens is 372 g/mol. The number of amides is 2. The monoisotopic (exact) mass is 394 g/mol. The molecule has 1 heterocycles. The molecule has 0 spiro atoms. The Hall–Kier alpha value is -3.48. The summed E-state index contributed by atoms with van der Waals surface area (Å²) in [7, 11) is 0. The van der Waals surface area contributed by atoms with Gasteiger partial charge in [-0.3, -0.25) is 19.7 Å². The molecule has 7 heteroatoms. The summed E-state index contributed by atoms with van der Waals surface area (Å²) in [5.74, 6) is -1.89. The predicted molar refractivity (Wildman–Crippen MR) is 106 cm³/mol. The molecule has 1 aromatic heterocycles. The smallest absolute Gasteiger partial charge is 0.312 e. The van der Waals surface area contributed by atoms with Crippen LogP contribution in [-0.2, 0) is 26.2 Å². The molecule has 0 aliphatic rings. The van der Waals surface area contributed by atoms with E-state index in [9.17, 15) is 14.4 Å². The minimum absolute atomic E-state index is 0.0335. The van der Waals surface area contributed by atoms with Crippen LogP contribution in [0.2, 0.25) is 0 Å². The van der Waals surface area contributed by atoms with Gasteiger partial charge in [0.05, 0.1) is 6.42 Å². The van der Waals surface area contributed by atoms with Crippen LogP contribution in [0.25, 0.3) is 11.0 Å². The van der Waals surface area contributed by atoms with Gasteiger partial charge in [-0.25, -0.2) is 0 Å². The molecule has 0 radical (unpaired) electrons. The number of esters is 1. The number of aromatic nitrogens is 1. The summed E-state index contributed by atoms with van der Waals surface area (Å²) in [5.41, 5.74) is 2.40. The highest BCUT2D eigenvalue weighted by atomic mass is 16.5. The van der Waals surface area contributed by atoms with Gasteiger partial charge in [0.15, 0.2) is 12.2 Å². The summed E-state index contributed by atoms with van der Waals surface area (Å²) in [5, 5.41) is 6.76. The van der Waals surface area contributed by atoms with E-state index in [4.69, 9.17) is 9.26 Å². The molecular formula is C22H22N2O5. The van der Waals surface area contributed by atoms with Crippen molar-refractivity contribution in [2.45, 2.75) is 32.6 Å². The van der Waals surface area contributed by atoms with Gasteiger partial charge >= 0.3 is 5.97 Å². The van der Waals surface area contributed by atoms with Gasteiger partial charge in [0, 0.05) is 10.9 Å². The first-order valence-electron chi connectivity index (χ1n) is 9.17. The van der Waals surface area contributed by atoms with Crippen molar-refractivity contribution in [2.75, 3.05) is 6.61 Å². The second-order valence-electron chi connectivity index (χ2n) is 7.67. The third-order valence-corrected chi connectivity index (χ3v) is 4.39. The number of fused-ring (bicyclic) bond motifs is 1. The zero-order chi connectivity index (χ0) is 21.0. The van der Waals surface area contributed by atoms with Crippen molar-refractivity contribution >= 4 is 28.8 Å². The lowest BCUT2D eigenvalue weighted by Crippen LogP contribution is -2.34. The maximum Gasteiger partial charge on any atom is 0.312 e. The van der Waals surface area contributed by atoms with E-state index in [1.54, 1.807) is 36.4 Å². The maximum atomic E-state index is 12.2. The van der Waals surface area contributed by atoms with Gasteiger partial charge in [-0.05, 0) is 35.2 Å². The summed E-state index contributed by atoms with van der Waals surface area (Å²) < 4.78 is 10.1. The summed E-state index contributed by atoms with van der Waals surface area (Å²) in [6, 6.07) is 14.1. The normalized spacial score (nSPS) is 11.3. The predicted octanol–water partition coefficient (Wildman–Crippen LogP) is 3.17. The van der Waals surface area contributed by atoms with Crippen LogP contribution < -0.4 is 5.32 Å². The van der Waals surface area contributed by atoms with E-state index in [0.29, 0.717) is 22.2 Å². The molecule has 29 heavy (non-hydrogen) atoms. The number of para-hydroxylation sites is 1. The van der Waals surface area contributed by atoms with Gasteiger partial charge in [0.2, 0.25) is 0 Å². The molecule has 3 aromatic rings. The first-order valence-corrected chi connectivity index (χ1v) is 9.17. The molecule has 0 saturated carbocycles. The van der Waals surface area contributed by atoms with Crippen molar-refractivity contribution in [3.05, 3.63) is 65.4 Å². The zero-order valence-electron chi connectivity index (χ0n) is 16.5. The van der Waals surface area contributed by atoms with Crippen LogP contribution >= 0.6 is 0 Å². The number of ether oxygens (including phenoxy) is 1. The SMILES string of the molecule is CC(C)(C)c1ccc(C(=O)NC(=O)COC(=O)Cc2noc3ccccc23)cc1. The van der Waals surface area contributed by atoms with Gasteiger partial charge in [-0.2, -0.15) is 0 Å². The minimum Gasteiger partial charge on any atom is -0.455 e. The van der Waals surface area contributed by atoms with E-state index >= 15 is 0 Å². The van der Waals surface area contributed by atoms with Gasteiger partial charge in [0.25, 0.3) is 11.8 Å². The largest absolute Gasteiger partial charge is 0.455 e. The maximum absolute atomic E-state index is 12.2. The molecule has 0 saturated heterocycles. The fourth-order valence-corrected chi connectivity index (χ4v) is 2.76. The molecule has 150 valence electrons. The lowest BCUT2D eigenvalue weighted by molar-refractivity contribution is -0.147. The van der Waals surface area contributed by atoms with Crippen LogP contribution in [0.4, 0.5) is 0 Å². The number of hydrogen-bond acceptors (Lipinski definition) is 6. The molecule has 2 amide bonds. The summed E-state index contributed by atoms with van der Waals surface area (Å²) in [4.78, 5) is 36.1. The van der Waals surface area contributed by atoms with E-state index in [2.05, 4.69) is 31.2 Å². The lowest BCUT2D eigenvalue weighted by atomic mass is 9.87. The highest BCUT2D eigenvalue weighted by Crippen LogP contribution is 2.22. The van der Waals surface area contributed by atoms with E-state index in [-0.39, 0.29) is 11.8 Å². The van der Waals surface area contributed by atoms with E-state index < -0.39 is 24.4 Å². The first kappa shape index (κ1) is 20.3. The molecule has 0 aliphatic heterocycles. The molecule has 0 atom stereocenters. The van der Waals surface area contributed by atoms with E-state index in [1.807, 2.05) is 12.1 Å². The highest BCUT2D eigenvalue weighted by molar-refractivity contribution is 6.05. The molecule has 2 aromatic carbocycles. The highest BCUT2D eigenvalue weighted by Gasteiger charge is 2.17. The van der Waals surface area contributed by atoms with Crippen LogP contribution in [0.1, 0.15) is 42.4 Å². The second kappa shape index (κ2) is 8.26. The van der Waals surface area contributed by atoms with Crippen molar-refractivity contribution in [3.63, 3.8) is 0 Å². The van der Waals surface area contributed by atoms with Crippen molar-refractivity contribution < 1.29 is 23.6 Å². The zero-order valence-corrected chi connectivity index (χ0v) is 16.5. The fourth-order valence-electron chi connectivity index (χ4n) is 2.76. The third kappa shape index (κ3) is 5.07.